The third-order valence-corrected chi connectivity index (χ3v) is 3.38. The number of aryl methyl sites for hydroxylation is 1. The van der Waals surface area contributed by atoms with Gasteiger partial charge in [-0.25, -0.2) is 9.48 Å². The molecule has 2 aromatic heterocycles. The fourth-order valence-corrected chi connectivity index (χ4v) is 2.24. The SMILES string of the molecule is CCCc1cc(C(=O)OCc2ccn(-c3ccccc3)n2)n[nH]1. The highest BCUT2D eigenvalue weighted by molar-refractivity contribution is 5.87. The van der Waals surface area contributed by atoms with E-state index in [0.29, 0.717) is 11.4 Å². The number of carbonyl (C=O) groups is 1. The molecule has 3 rings (SSSR count). The number of H-pyrrole nitrogens is 1. The first kappa shape index (κ1) is 15.0. The van der Waals surface area contributed by atoms with Crippen LogP contribution in [0.2, 0.25) is 0 Å². The number of para-hydroxylation sites is 1. The van der Waals surface area contributed by atoms with Gasteiger partial charge in [0, 0.05) is 11.9 Å². The Balaban J connectivity index is 1.60. The van der Waals surface area contributed by atoms with Crippen molar-refractivity contribution < 1.29 is 9.53 Å². The van der Waals surface area contributed by atoms with Crippen LogP contribution in [0, 0.1) is 0 Å². The average molecular weight is 310 g/mol. The van der Waals surface area contributed by atoms with E-state index in [1.165, 1.54) is 0 Å². The molecule has 0 fully saturated rings. The summed E-state index contributed by atoms with van der Waals surface area (Å²) in [6.45, 7) is 2.19. The topological polar surface area (TPSA) is 72.8 Å². The van der Waals surface area contributed by atoms with Crippen molar-refractivity contribution in [1.82, 2.24) is 20.0 Å². The highest BCUT2D eigenvalue weighted by Gasteiger charge is 2.12. The Bertz CT molecular complexity index is 777. The van der Waals surface area contributed by atoms with Gasteiger partial charge in [-0.1, -0.05) is 31.5 Å². The highest BCUT2D eigenvalue weighted by Crippen LogP contribution is 2.09. The summed E-state index contributed by atoms with van der Waals surface area (Å²) in [6.07, 6.45) is 3.70. The zero-order chi connectivity index (χ0) is 16.1. The number of aromatic nitrogens is 4. The number of aromatic amines is 1. The molecule has 0 aliphatic rings. The van der Waals surface area contributed by atoms with Crippen molar-refractivity contribution in [3.8, 4) is 5.69 Å². The second-order valence-corrected chi connectivity index (χ2v) is 5.19. The Morgan fingerprint density at radius 2 is 2.09 bits per heavy atom. The number of benzene rings is 1. The number of nitrogens with one attached hydrogen (secondary N) is 1. The lowest BCUT2D eigenvalue weighted by Crippen LogP contribution is -2.06. The molecule has 0 amide bonds. The maximum absolute atomic E-state index is 12.0. The zero-order valence-corrected chi connectivity index (χ0v) is 12.9. The molecule has 1 aromatic carbocycles. The van der Waals surface area contributed by atoms with E-state index >= 15 is 0 Å². The Hall–Kier alpha value is -2.89. The number of esters is 1. The molecule has 23 heavy (non-hydrogen) atoms. The summed E-state index contributed by atoms with van der Waals surface area (Å²) in [7, 11) is 0. The zero-order valence-electron chi connectivity index (χ0n) is 12.9. The van der Waals surface area contributed by atoms with Crippen LogP contribution >= 0.6 is 0 Å². The molecule has 2 heterocycles. The van der Waals surface area contributed by atoms with Gasteiger partial charge >= 0.3 is 5.97 Å². The van der Waals surface area contributed by atoms with Crippen LogP contribution in [0.15, 0.2) is 48.7 Å². The van der Waals surface area contributed by atoms with Crippen LogP contribution in [-0.4, -0.2) is 25.9 Å². The molecule has 118 valence electrons. The van der Waals surface area contributed by atoms with Crippen LogP contribution in [0.25, 0.3) is 5.69 Å². The Morgan fingerprint density at radius 1 is 1.26 bits per heavy atom. The number of ether oxygens (including phenoxy) is 1. The van der Waals surface area contributed by atoms with Crippen molar-refractivity contribution in [2.45, 2.75) is 26.4 Å². The largest absolute Gasteiger partial charge is 0.454 e. The normalized spacial score (nSPS) is 10.7. The van der Waals surface area contributed by atoms with Gasteiger partial charge in [0.2, 0.25) is 0 Å². The molecule has 1 N–H and O–H groups in total. The summed E-state index contributed by atoms with van der Waals surface area (Å²) < 4.78 is 7.00. The summed E-state index contributed by atoms with van der Waals surface area (Å²) in [5, 5.41) is 11.2. The molecule has 0 atom stereocenters. The summed E-state index contributed by atoms with van der Waals surface area (Å²) in [5.41, 5.74) is 2.89. The first-order chi connectivity index (χ1) is 11.3. The van der Waals surface area contributed by atoms with Gasteiger partial charge in [0.05, 0.1) is 5.69 Å². The van der Waals surface area contributed by atoms with Crippen molar-refractivity contribution in [2.24, 2.45) is 0 Å². The summed E-state index contributed by atoms with van der Waals surface area (Å²) >= 11 is 0. The van der Waals surface area contributed by atoms with Crippen molar-refractivity contribution in [3.05, 3.63) is 65.7 Å². The number of nitrogens with zero attached hydrogens (tertiary/aromatic N) is 3. The van der Waals surface area contributed by atoms with E-state index in [9.17, 15) is 4.79 Å². The van der Waals surface area contributed by atoms with E-state index < -0.39 is 5.97 Å². The molecule has 0 radical (unpaired) electrons. The lowest BCUT2D eigenvalue weighted by molar-refractivity contribution is 0.0460. The van der Waals surface area contributed by atoms with Crippen molar-refractivity contribution in [3.63, 3.8) is 0 Å². The summed E-state index contributed by atoms with van der Waals surface area (Å²) in [5.74, 6) is -0.446. The predicted octanol–water partition coefficient (Wildman–Crippen LogP) is 2.90. The molecule has 0 spiro atoms. The van der Waals surface area contributed by atoms with E-state index in [4.69, 9.17) is 4.74 Å². The van der Waals surface area contributed by atoms with Gasteiger partial charge in [-0.3, -0.25) is 5.10 Å². The van der Waals surface area contributed by atoms with E-state index in [2.05, 4.69) is 22.2 Å². The second-order valence-electron chi connectivity index (χ2n) is 5.19. The maximum Gasteiger partial charge on any atom is 0.359 e. The minimum atomic E-state index is -0.446. The Kier molecular flexibility index (Phi) is 4.52. The fraction of sp³-hybridized carbons (Fsp3) is 0.235. The standard InChI is InChI=1S/C17H18N4O2/c1-2-6-13-11-16(19-18-13)17(22)23-12-14-9-10-21(20-14)15-7-4-3-5-8-15/h3-5,7-11H,2,6,12H2,1H3,(H,18,19). The highest BCUT2D eigenvalue weighted by atomic mass is 16.5. The second kappa shape index (κ2) is 6.91. The monoisotopic (exact) mass is 310 g/mol. The maximum atomic E-state index is 12.0. The minimum Gasteiger partial charge on any atom is -0.454 e. The van der Waals surface area contributed by atoms with Crippen molar-refractivity contribution in [1.29, 1.82) is 0 Å². The quantitative estimate of drug-likeness (QED) is 0.711. The molecular formula is C17H18N4O2. The van der Waals surface area contributed by atoms with Crippen LogP contribution in [0.1, 0.15) is 35.2 Å². The molecule has 0 saturated carbocycles. The van der Waals surface area contributed by atoms with Crippen LogP contribution in [0.3, 0.4) is 0 Å². The molecular weight excluding hydrogens is 292 g/mol. The van der Waals surface area contributed by atoms with E-state index in [0.717, 1.165) is 24.2 Å². The van der Waals surface area contributed by atoms with Gasteiger partial charge in [-0.05, 0) is 30.7 Å². The molecule has 0 unspecified atom stereocenters. The molecule has 0 aliphatic carbocycles. The van der Waals surface area contributed by atoms with Crippen molar-refractivity contribution in [2.75, 3.05) is 0 Å². The van der Waals surface area contributed by atoms with Gasteiger partial charge < -0.3 is 4.74 Å². The fourth-order valence-electron chi connectivity index (χ4n) is 2.24. The summed E-state index contributed by atoms with van der Waals surface area (Å²) in [6, 6.07) is 13.3. The van der Waals surface area contributed by atoms with Gasteiger partial charge in [-0.2, -0.15) is 10.2 Å². The van der Waals surface area contributed by atoms with E-state index in [1.807, 2.05) is 42.6 Å². The van der Waals surface area contributed by atoms with Crippen molar-refractivity contribution >= 4 is 5.97 Å². The Morgan fingerprint density at radius 3 is 2.87 bits per heavy atom. The molecule has 0 bridgehead atoms. The summed E-state index contributed by atoms with van der Waals surface area (Å²) in [4.78, 5) is 12.0. The van der Waals surface area contributed by atoms with Gasteiger partial charge in [-0.15, -0.1) is 0 Å². The lowest BCUT2D eigenvalue weighted by Gasteiger charge is -2.01. The predicted molar refractivity (Wildman–Crippen MR) is 85.3 cm³/mol. The average Bonchev–Trinajstić information content (AvgIpc) is 3.23. The lowest BCUT2D eigenvalue weighted by atomic mass is 10.2. The molecule has 0 saturated heterocycles. The molecule has 6 nitrogen and oxygen atoms in total. The Labute approximate surface area is 134 Å². The first-order valence-electron chi connectivity index (χ1n) is 7.57. The van der Waals surface area contributed by atoms with Gasteiger partial charge in [0.15, 0.2) is 5.69 Å². The number of hydrogen-bond donors (Lipinski definition) is 1. The number of hydrogen-bond acceptors (Lipinski definition) is 4. The van der Waals surface area contributed by atoms with Crippen LogP contribution < -0.4 is 0 Å². The third-order valence-electron chi connectivity index (χ3n) is 3.38. The molecule has 0 aliphatic heterocycles. The third kappa shape index (κ3) is 3.66. The van der Waals surface area contributed by atoms with E-state index in [1.54, 1.807) is 10.7 Å². The molecule has 3 aromatic rings. The van der Waals surface area contributed by atoms with Crippen LogP contribution in [0.5, 0.6) is 0 Å². The molecule has 6 heteroatoms. The van der Waals surface area contributed by atoms with Gasteiger partial charge in [0.1, 0.15) is 12.3 Å². The smallest absolute Gasteiger partial charge is 0.359 e. The van der Waals surface area contributed by atoms with E-state index in [-0.39, 0.29) is 6.61 Å². The van der Waals surface area contributed by atoms with Gasteiger partial charge in [0.25, 0.3) is 0 Å². The van der Waals surface area contributed by atoms with Crippen LogP contribution in [-0.2, 0) is 17.8 Å². The number of rotatable bonds is 6. The van der Waals surface area contributed by atoms with Crippen LogP contribution in [0.4, 0.5) is 0 Å². The minimum absolute atomic E-state index is 0.120. The number of carbonyl (C=O) groups excluding carboxylic acids is 1. The first-order valence-corrected chi connectivity index (χ1v) is 7.57.